The lowest BCUT2D eigenvalue weighted by molar-refractivity contribution is 0.0698. The van der Waals surface area contributed by atoms with E-state index >= 15 is 0 Å². The van der Waals surface area contributed by atoms with Gasteiger partial charge in [-0.1, -0.05) is 12.1 Å². The summed E-state index contributed by atoms with van der Waals surface area (Å²) in [7, 11) is 9.28. The Balaban J connectivity index is 2.43. The number of rotatable bonds is 12. The van der Waals surface area contributed by atoms with Crippen molar-refractivity contribution in [2.45, 2.75) is 12.5 Å². The lowest BCUT2D eigenvalue weighted by atomic mass is 10.1. The van der Waals surface area contributed by atoms with Crippen LogP contribution in [0.1, 0.15) is 18.0 Å². The number of hydrogen-bond acceptors (Lipinski definition) is 5. The van der Waals surface area contributed by atoms with E-state index in [9.17, 15) is 0 Å². The van der Waals surface area contributed by atoms with Crippen LogP contribution in [0.2, 0.25) is 0 Å². The highest BCUT2D eigenvalue weighted by Crippen LogP contribution is 2.21. The number of nitrogens with zero attached hydrogens (tertiary/aromatic N) is 2. The lowest BCUT2D eigenvalue weighted by Crippen LogP contribution is -2.42. The second-order valence-corrected chi connectivity index (χ2v) is 6.09. The minimum atomic E-state index is 0.209. The number of ether oxygens (including phenoxy) is 3. The zero-order valence-electron chi connectivity index (χ0n) is 16.7. The molecule has 0 bridgehead atoms. The van der Waals surface area contributed by atoms with Gasteiger partial charge in [0, 0.05) is 33.9 Å². The summed E-state index contributed by atoms with van der Waals surface area (Å²) >= 11 is 0. The molecule has 0 radical (unpaired) electrons. The van der Waals surface area contributed by atoms with Gasteiger partial charge in [-0.3, -0.25) is 4.99 Å². The van der Waals surface area contributed by atoms with Gasteiger partial charge in [-0.25, -0.2) is 0 Å². The quantitative estimate of drug-likeness (QED) is 0.332. The topological polar surface area (TPSA) is 67.4 Å². The Bertz CT molecular complexity index is 523. The third-order valence-electron chi connectivity index (χ3n) is 3.98. The van der Waals surface area contributed by atoms with Gasteiger partial charge in [0.25, 0.3) is 0 Å². The Morgan fingerprint density at radius 2 is 1.96 bits per heavy atom. The number of likely N-dealkylation sites (N-methyl/N-ethyl adjacent to an activating group) is 1. The van der Waals surface area contributed by atoms with Gasteiger partial charge in [0.05, 0.1) is 26.4 Å². The summed E-state index contributed by atoms with van der Waals surface area (Å²) in [6.07, 6.45) is 0.914. The Hall–Kier alpha value is -1.83. The summed E-state index contributed by atoms with van der Waals surface area (Å²) in [5.74, 6) is 1.65. The van der Waals surface area contributed by atoms with E-state index in [1.165, 1.54) is 5.56 Å². The average molecular weight is 367 g/mol. The van der Waals surface area contributed by atoms with E-state index in [1.54, 1.807) is 21.3 Å². The van der Waals surface area contributed by atoms with E-state index in [2.05, 4.69) is 46.8 Å². The van der Waals surface area contributed by atoms with Crippen molar-refractivity contribution < 1.29 is 14.2 Å². The van der Waals surface area contributed by atoms with Gasteiger partial charge in [0.15, 0.2) is 5.96 Å². The molecular weight excluding hydrogens is 332 g/mol. The molecule has 1 aromatic carbocycles. The first-order valence-corrected chi connectivity index (χ1v) is 8.94. The lowest BCUT2D eigenvalue weighted by Gasteiger charge is -2.26. The van der Waals surface area contributed by atoms with Crippen LogP contribution in [0.4, 0.5) is 0 Å². The monoisotopic (exact) mass is 366 g/mol. The Kier molecular flexibility index (Phi) is 11.4. The van der Waals surface area contributed by atoms with Crippen LogP contribution in [0.3, 0.4) is 0 Å². The van der Waals surface area contributed by atoms with Gasteiger partial charge in [-0.15, -0.1) is 0 Å². The molecule has 7 heteroatoms. The summed E-state index contributed by atoms with van der Waals surface area (Å²) in [5.41, 5.74) is 1.20. The SMILES string of the molecule is CN=C(NCCCOCCOC)NCC(c1cccc(OC)c1)N(C)C. The van der Waals surface area contributed by atoms with E-state index in [-0.39, 0.29) is 6.04 Å². The molecule has 0 spiro atoms. The van der Waals surface area contributed by atoms with Crippen molar-refractivity contribution in [1.29, 1.82) is 0 Å². The van der Waals surface area contributed by atoms with Crippen molar-refractivity contribution in [3.63, 3.8) is 0 Å². The summed E-state index contributed by atoms with van der Waals surface area (Å²) < 4.78 is 15.7. The maximum atomic E-state index is 5.46. The van der Waals surface area contributed by atoms with Crippen molar-refractivity contribution >= 4 is 5.96 Å². The van der Waals surface area contributed by atoms with Crippen LogP contribution < -0.4 is 15.4 Å². The molecule has 26 heavy (non-hydrogen) atoms. The predicted molar refractivity (Wildman–Crippen MR) is 106 cm³/mol. The fourth-order valence-corrected chi connectivity index (χ4v) is 2.49. The number of aliphatic imine (C=N–C) groups is 1. The van der Waals surface area contributed by atoms with Crippen molar-refractivity contribution in [3.05, 3.63) is 29.8 Å². The number of hydrogen-bond donors (Lipinski definition) is 2. The fourth-order valence-electron chi connectivity index (χ4n) is 2.49. The molecule has 2 N–H and O–H groups in total. The molecule has 0 saturated carbocycles. The van der Waals surface area contributed by atoms with Gasteiger partial charge >= 0.3 is 0 Å². The van der Waals surface area contributed by atoms with Crippen LogP contribution in [0.25, 0.3) is 0 Å². The highest BCUT2D eigenvalue weighted by molar-refractivity contribution is 5.79. The fraction of sp³-hybridized carbons (Fsp3) is 0.632. The molecule has 1 aromatic rings. The molecule has 0 amide bonds. The van der Waals surface area contributed by atoms with E-state index < -0.39 is 0 Å². The molecular formula is C19H34N4O3. The Morgan fingerprint density at radius 1 is 1.15 bits per heavy atom. The highest BCUT2D eigenvalue weighted by atomic mass is 16.5. The van der Waals surface area contributed by atoms with Crippen molar-refractivity contribution in [3.8, 4) is 5.75 Å². The minimum absolute atomic E-state index is 0.209. The molecule has 7 nitrogen and oxygen atoms in total. The van der Waals surface area contributed by atoms with Crippen LogP contribution in [0.15, 0.2) is 29.3 Å². The Morgan fingerprint density at radius 3 is 2.62 bits per heavy atom. The molecule has 148 valence electrons. The third kappa shape index (κ3) is 8.51. The van der Waals surface area contributed by atoms with Crippen molar-refractivity contribution in [2.75, 3.05) is 68.3 Å². The van der Waals surface area contributed by atoms with E-state index in [4.69, 9.17) is 14.2 Å². The van der Waals surface area contributed by atoms with Gasteiger partial charge in [0.1, 0.15) is 5.75 Å². The average Bonchev–Trinajstić information content (AvgIpc) is 2.65. The van der Waals surface area contributed by atoms with Crippen molar-refractivity contribution in [2.24, 2.45) is 4.99 Å². The molecule has 0 fully saturated rings. The normalized spacial score (nSPS) is 12.9. The summed E-state index contributed by atoms with van der Waals surface area (Å²) in [5, 5.41) is 6.71. The standard InChI is InChI=1S/C19H34N4O3/c1-20-19(21-10-7-11-26-13-12-24-4)22-15-18(23(2)3)16-8-6-9-17(14-16)25-5/h6,8-9,14,18H,7,10-13,15H2,1-5H3,(H2,20,21,22). The van der Waals surface area contributed by atoms with E-state index in [1.807, 2.05) is 12.1 Å². The molecule has 0 saturated heterocycles. The smallest absolute Gasteiger partial charge is 0.191 e. The maximum Gasteiger partial charge on any atom is 0.191 e. The Labute approximate surface area is 157 Å². The van der Waals surface area contributed by atoms with Gasteiger partial charge in [0.2, 0.25) is 0 Å². The van der Waals surface area contributed by atoms with E-state index in [0.29, 0.717) is 19.8 Å². The second kappa shape index (κ2) is 13.4. The van der Waals surface area contributed by atoms with Gasteiger partial charge in [-0.2, -0.15) is 0 Å². The highest BCUT2D eigenvalue weighted by Gasteiger charge is 2.15. The minimum Gasteiger partial charge on any atom is -0.497 e. The maximum absolute atomic E-state index is 5.46. The molecule has 1 atom stereocenters. The van der Waals surface area contributed by atoms with Crippen molar-refractivity contribution in [1.82, 2.24) is 15.5 Å². The van der Waals surface area contributed by atoms with Crippen LogP contribution in [-0.2, 0) is 9.47 Å². The first kappa shape index (κ1) is 22.2. The van der Waals surface area contributed by atoms with E-state index in [0.717, 1.165) is 31.2 Å². The van der Waals surface area contributed by atoms with Gasteiger partial charge in [-0.05, 0) is 38.2 Å². The number of nitrogens with one attached hydrogen (secondary N) is 2. The zero-order valence-corrected chi connectivity index (χ0v) is 16.7. The van der Waals surface area contributed by atoms with Crippen LogP contribution in [0.5, 0.6) is 5.75 Å². The molecule has 0 aliphatic rings. The first-order valence-electron chi connectivity index (χ1n) is 8.94. The van der Waals surface area contributed by atoms with Crippen LogP contribution >= 0.6 is 0 Å². The molecule has 0 heterocycles. The largest absolute Gasteiger partial charge is 0.497 e. The second-order valence-electron chi connectivity index (χ2n) is 6.09. The summed E-state index contributed by atoms with van der Waals surface area (Å²) in [6.45, 7) is 3.52. The van der Waals surface area contributed by atoms with Gasteiger partial charge < -0.3 is 29.7 Å². The van der Waals surface area contributed by atoms with Crippen LogP contribution in [0, 0.1) is 0 Å². The first-order chi connectivity index (χ1) is 12.6. The molecule has 1 unspecified atom stereocenters. The zero-order chi connectivity index (χ0) is 19.2. The molecule has 0 aromatic heterocycles. The predicted octanol–water partition coefficient (Wildman–Crippen LogP) is 1.52. The third-order valence-corrected chi connectivity index (χ3v) is 3.98. The number of methoxy groups -OCH3 is 2. The molecule has 0 aliphatic carbocycles. The summed E-state index contributed by atoms with van der Waals surface area (Å²) in [4.78, 5) is 6.46. The molecule has 1 rings (SSSR count). The summed E-state index contributed by atoms with van der Waals surface area (Å²) in [6, 6.07) is 8.36. The molecule has 0 aliphatic heterocycles. The number of guanidine groups is 1. The van der Waals surface area contributed by atoms with Crippen LogP contribution in [-0.4, -0.2) is 79.1 Å². The number of benzene rings is 1.